The maximum atomic E-state index is 13.0. The van der Waals surface area contributed by atoms with E-state index in [0.29, 0.717) is 66.1 Å². The second-order valence-corrected chi connectivity index (χ2v) is 9.07. The number of benzene rings is 1. The predicted molar refractivity (Wildman–Crippen MR) is 121 cm³/mol. The molecule has 0 amide bonds. The third-order valence-corrected chi connectivity index (χ3v) is 6.96. The Balaban J connectivity index is 1.41. The molecule has 0 N–H and O–H groups in total. The molecule has 0 atom stereocenters. The van der Waals surface area contributed by atoms with Crippen LogP contribution in [0.1, 0.15) is 47.3 Å². The molecule has 0 bridgehead atoms. The standard InChI is InChI=1S/C24H27ClN2O6/c1-30-24(29)23-18-6-7-26(13-15-10-19-20(11-17(15)25)32-14-31-19)8-9-27(18)22(28)12-21(23)33-16-4-2-3-5-16/h10-12,16H,2-9,13-14H2,1H3. The number of ether oxygens (including phenoxy) is 4. The fraction of sp³-hybridized carbons (Fsp3) is 0.500. The average molecular weight is 475 g/mol. The lowest BCUT2D eigenvalue weighted by Crippen LogP contribution is -2.29. The highest BCUT2D eigenvalue weighted by atomic mass is 35.5. The van der Waals surface area contributed by atoms with Crippen LogP contribution in [0.2, 0.25) is 5.02 Å². The van der Waals surface area contributed by atoms with E-state index in [-0.39, 0.29) is 18.5 Å². The van der Waals surface area contributed by atoms with Gasteiger partial charge in [-0.1, -0.05) is 11.6 Å². The van der Waals surface area contributed by atoms with Gasteiger partial charge in [0, 0.05) is 55.4 Å². The molecule has 3 aliphatic rings. The van der Waals surface area contributed by atoms with Crippen LogP contribution in [-0.4, -0.2) is 48.5 Å². The summed E-state index contributed by atoms with van der Waals surface area (Å²) in [7, 11) is 1.36. The number of hydrogen-bond donors (Lipinski definition) is 0. The van der Waals surface area contributed by atoms with Crippen molar-refractivity contribution in [1.82, 2.24) is 9.47 Å². The number of fused-ring (bicyclic) bond motifs is 2. The topological polar surface area (TPSA) is 79.2 Å². The van der Waals surface area contributed by atoms with Crippen LogP contribution in [0.5, 0.6) is 17.2 Å². The number of methoxy groups -OCH3 is 1. The number of halogens is 1. The van der Waals surface area contributed by atoms with Crippen LogP contribution >= 0.6 is 11.6 Å². The Labute approximate surface area is 196 Å². The van der Waals surface area contributed by atoms with E-state index in [1.165, 1.54) is 13.2 Å². The summed E-state index contributed by atoms with van der Waals surface area (Å²) in [5.41, 5.74) is 1.81. The van der Waals surface area contributed by atoms with E-state index in [4.69, 9.17) is 30.5 Å². The Kier molecular flexibility index (Phi) is 6.21. The van der Waals surface area contributed by atoms with Crippen LogP contribution in [0.25, 0.3) is 0 Å². The van der Waals surface area contributed by atoms with Crippen LogP contribution < -0.4 is 19.8 Å². The van der Waals surface area contributed by atoms with Gasteiger partial charge in [-0.25, -0.2) is 4.79 Å². The summed E-state index contributed by atoms with van der Waals surface area (Å²) < 4.78 is 23.8. The smallest absolute Gasteiger partial charge is 0.343 e. The molecule has 1 aliphatic carbocycles. The van der Waals surface area contributed by atoms with Gasteiger partial charge < -0.3 is 23.5 Å². The molecular formula is C24H27ClN2O6. The van der Waals surface area contributed by atoms with Crippen LogP contribution in [0.4, 0.5) is 0 Å². The van der Waals surface area contributed by atoms with Gasteiger partial charge in [-0.15, -0.1) is 0 Å². The summed E-state index contributed by atoms with van der Waals surface area (Å²) in [5, 5.41) is 0.612. The highest BCUT2D eigenvalue weighted by Gasteiger charge is 2.28. The van der Waals surface area contributed by atoms with E-state index in [0.717, 1.165) is 31.2 Å². The van der Waals surface area contributed by atoms with Crippen molar-refractivity contribution in [2.24, 2.45) is 0 Å². The zero-order chi connectivity index (χ0) is 22.9. The molecule has 2 aromatic rings. The molecule has 9 heteroatoms. The first-order valence-corrected chi connectivity index (χ1v) is 11.7. The Morgan fingerprint density at radius 1 is 1.12 bits per heavy atom. The molecule has 2 aliphatic heterocycles. The van der Waals surface area contributed by atoms with E-state index < -0.39 is 5.97 Å². The fourth-order valence-corrected chi connectivity index (χ4v) is 5.09. The minimum absolute atomic E-state index is 0.0336. The van der Waals surface area contributed by atoms with Gasteiger partial charge in [0.25, 0.3) is 5.56 Å². The first-order chi connectivity index (χ1) is 16.0. The van der Waals surface area contributed by atoms with E-state index in [2.05, 4.69) is 4.90 Å². The van der Waals surface area contributed by atoms with Gasteiger partial charge in [-0.2, -0.15) is 0 Å². The maximum Gasteiger partial charge on any atom is 0.343 e. The number of nitrogens with zero attached hydrogens (tertiary/aromatic N) is 2. The zero-order valence-electron chi connectivity index (χ0n) is 18.6. The minimum atomic E-state index is -0.473. The van der Waals surface area contributed by atoms with E-state index in [1.54, 1.807) is 10.6 Å². The molecule has 1 saturated carbocycles. The minimum Gasteiger partial charge on any atom is -0.489 e. The maximum absolute atomic E-state index is 13.0. The third-order valence-electron chi connectivity index (χ3n) is 6.61. The van der Waals surface area contributed by atoms with Gasteiger partial charge in [0.05, 0.1) is 13.2 Å². The summed E-state index contributed by atoms with van der Waals surface area (Å²) in [4.78, 5) is 28.0. The number of aromatic nitrogens is 1. The molecule has 0 unspecified atom stereocenters. The van der Waals surface area contributed by atoms with Crippen LogP contribution in [-0.2, 0) is 24.2 Å². The summed E-state index contributed by atoms with van der Waals surface area (Å²) in [6, 6.07) is 5.12. The molecule has 1 aromatic heterocycles. The van der Waals surface area contributed by atoms with Crippen molar-refractivity contribution < 1.29 is 23.7 Å². The molecular weight excluding hydrogens is 448 g/mol. The summed E-state index contributed by atoms with van der Waals surface area (Å²) in [5.74, 6) is 1.21. The van der Waals surface area contributed by atoms with Crippen molar-refractivity contribution in [1.29, 1.82) is 0 Å². The number of carbonyl (C=O) groups is 1. The summed E-state index contributed by atoms with van der Waals surface area (Å²) in [6.45, 7) is 2.54. The summed E-state index contributed by atoms with van der Waals surface area (Å²) >= 11 is 6.47. The Morgan fingerprint density at radius 2 is 1.88 bits per heavy atom. The number of esters is 1. The lowest BCUT2D eigenvalue weighted by molar-refractivity contribution is 0.0590. The Morgan fingerprint density at radius 3 is 2.64 bits per heavy atom. The van der Waals surface area contributed by atoms with Crippen molar-refractivity contribution in [3.63, 3.8) is 0 Å². The largest absolute Gasteiger partial charge is 0.489 e. The monoisotopic (exact) mass is 474 g/mol. The van der Waals surface area contributed by atoms with Crippen molar-refractivity contribution in [2.45, 2.75) is 51.3 Å². The second-order valence-electron chi connectivity index (χ2n) is 8.66. The molecule has 0 radical (unpaired) electrons. The van der Waals surface area contributed by atoms with Gasteiger partial charge in [0.1, 0.15) is 11.3 Å². The molecule has 33 heavy (non-hydrogen) atoms. The second kappa shape index (κ2) is 9.27. The van der Waals surface area contributed by atoms with Gasteiger partial charge in [-0.05, 0) is 37.3 Å². The molecule has 5 rings (SSSR count). The fourth-order valence-electron chi connectivity index (χ4n) is 4.87. The first-order valence-electron chi connectivity index (χ1n) is 11.4. The van der Waals surface area contributed by atoms with E-state index in [9.17, 15) is 9.59 Å². The number of pyridine rings is 1. The number of carbonyl (C=O) groups excluding carboxylic acids is 1. The lowest BCUT2D eigenvalue weighted by atomic mass is 10.1. The lowest BCUT2D eigenvalue weighted by Gasteiger charge is -2.20. The molecule has 3 heterocycles. The summed E-state index contributed by atoms with van der Waals surface area (Å²) in [6.07, 6.45) is 4.61. The van der Waals surface area contributed by atoms with Crippen molar-refractivity contribution in [2.75, 3.05) is 27.0 Å². The highest BCUT2D eigenvalue weighted by Crippen LogP contribution is 2.37. The van der Waals surface area contributed by atoms with Crippen molar-refractivity contribution >= 4 is 17.6 Å². The van der Waals surface area contributed by atoms with Crippen LogP contribution in [0, 0.1) is 0 Å². The van der Waals surface area contributed by atoms with Crippen molar-refractivity contribution in [3.8, 4) is 17.2 Å². The highest BCUT2D eigenvalue weighted by molar-refractivity contribution is 6.31. The predicted octanol–water partition coefficient (Wildman–Crippen LogP) is 3.40. The normalized spacial score (nSPS) is 18.1. The zero-order valence-corrected chi connectivity index (χ0v) is 19.4. The van der Waals surface area contributed by atoms with E-state index in [1.807, 2.05) is 6.07 Å². The molecule has 0 spiro atoms. The number of rotatable bonds is 5. The number of hydrogen-bond acceptors (Lipinski definition) is 7. The molecule has 1 aromatic carbocycles. The molecule has 1 fully saturated rings. The quantitative estimate of drug-likeness (QED) is 0.614. The van der Waals surface area contributed by atoms with Gasteiger partial charge in [0.2, 0.25) is 6.79 Å². The Bertz CT molecular complexity index is 1120. The van der Waals surface area contributed by atoms with Gasteiger partial charge >= 0.3 is 5.97 Å². The first kappa shape index (κ1) is 22.1. The van der Waals surface area contributed by atoms with E-state index >= 15 is 0 Å². The molecule has 0 saturated heterocycles. The average Bonchev–Trinajstić information content (AvgIpc) is 3.43. The Hall–Kier alpha value is -2.71. The SMILES string of the molecule is COC(=O)c1c(OC2CCCC2)cc(=O)n2c1CCN(Cc1cc3c(cc1Cl)OCO3)CC2. The van der Waals surface area contributed by atoms with Crippen LogP contribution in [0.15, 0.2) is 23.0 Å². The van der Waals surface area contributed by atoms with Gasteiger partial charge in [-0.3, -0.25) is 9.69 Å². The van der Waals surface area contributed by atoms with Gasteiger partial charge in [0.15, 0.2) is 11.5 Å². The van der Waals surface area contributed by atoms with Crippen molar-refractivity contribution in [3.05, 3.63) is 50.4 Å². The third kappa shape index (κ3) is 4.42. The molecule has 176 valence electrons. The van der Waals surface area contributed by atoms with Crippen LogP contribution in [0.3, 0.4) is 0 Å². The molecule has 8 nitrogen and oxygen atoms in total.